The molecule has 148 valence electrons. The smallest absolute Gasteiger partial charge is 0.339 e. The summed E-state index contributed by atoms with van der Waals surface area (Å²) in [6, 6.07) is 4.40. The molecule has 1 aliphatic heterocycles. The van der Waals surface area contributed by atoms with Crippen LogP contribution in [0.1, 0.15) is 42.1 Å². The van der Waals surface area contributed by atoms with Crippen LogP contribution < -0.4 is 5.32 Å². The molecule has 2 rings (SSSR count). The summed E-state index contributed by atoms with van der Waals surface area (Å²) in [5.74, 6) is -1.18. The maximum Gasteiger partial charge on any atom is 0.339 e. The van der Waals surface area contributed by atoms with Crippen LogP contribution in [-0.4, -0.2) is 50.3 Å². The molecule has 0 radical (unpaired) electrons. The fourth-order valence-corrected chi connectivity index (χ4v) is 4.37. The zero-order valence-electron chi connectivity index (χ0n) is 15.7. The van der Waals surface area contributed by atoms with Gasteiger partial charge in [-0.2, -0.15) is 4.31 Å². The van der Waals surface area contributed by atoms with Crippen molar-refractivity contribution < 1.29 is 22.7 Å². The highest BCUT2D eigenvalue weighted by Crippen LogP contribution is 2.23. The summed E-state index contributed by atoms with van der Waals surface area (Å²) in [7, 11) is -3.66. The van der Waals surface area contributed by atoms with Crippen LogP contribution in [0.15, 0.2) is 35.7 Å². The molecule has 27 heavy (non-hydrogen) atoms. The second-order valence-electron chi connectivity index (χ2n) is 6.52. The Labute approximate surface area is 160 Å². The second-order valence-corrected chi connectivity index (χ2v) is 8.46. The van der Waals surface area contributed by atoms with Gasteiger partial charge >= 0.3 is 5.97 Å². The van der Waals surface area contributed by atoms with Gasteiger partial charge in [-0.3, -0.25) is 4.79 Å². The summed E-state index contributed by atoms with van der Waals surface area (Å²) in [6.45, 7) is 7.88. The first-order valence-corrected chi connectivity index (χ1v) is 10.4. The monoisotopic (exact) mass is 394 g/mol. The summed E-state index contributed by atoms with van der Waals surface area (Å²) in [5.41, 5.74) is 0.716. The summed E-state index contributed by atoms with van der Waals surface area (Å²) in [5, 5.41) is 2.55. The van der Waals surface area contributed by atoms with Gasteiger partial charge in [-0.25, -0.2) is 13.2 Å². The van der Waals surface area contributed by atoms with Crippen LogP contribution in [0.2, 0.25) is 0 Å². The molecule has 1 aromatic carbocycles. The van der Waals surface area contributed by atoms with Crippen LogP contribution in [0.25, 0.3) is 0 Å². The number of hydrogen-bond donors (Lipinski definition) is 1. The molecule has 1 aliphatic rings. The number of rotatable bonds is 7. The lowest BCUT2D eigenvalue weighted by molar-refractivity contribution is -0.128. The maximum atomic E-state index is 12.8. The Kier molecular flexibility index (Phi) is 7.15. The van der Waals surface area contributed by atoms with E-state index in [2.05, 4.69) is 11.9 Å². The molecule has 1 unspecified atom stereocenters. The molecular formula is C19H26N2O5S. The number of carbonyl (C=O) groups is 2. The van der Waals surface area contributed by atoms with E-state index in [1.807, 2.05) is 0 Å². The number of hydrogen-bond acceptors (Lipinski definition) is 5. The molecule has 8 heteroatoms. The number of amides is 1. The van der Waals surface area contributed by atoms with Crippen molar-refractivity contribution in [1.82, 2.24) is 9.62 Å². The molecule has 7 nitrogen and oxygen atoms in total. The highest BCUT2D eigenvalue weighted by molar-refractivity contribution is 7.89. The highest BCUT2D eigenvalue weighted by Gasteiger charge is 2.28. The average Bonchev–Trinajstić information content (AvgIpc) is 2.66. The fraction of sp³-hybridized carbons (Fsp3) is 0.474. The number of ether oxygens (including phenoxy) is 1. The summed E-state index contributed by atoms with van der Waals surface area (Å²) in [6.07, 6.45) is 3.20. The van der Waals surface area contributed by atoms with Crippen molar-refractivity contribution in [2.24, 2.45) is 0 Å². The molecule has 1 heterocycles. The molecule has 1 N–H and O–H groups in total. The topological polar surface area (TPSA) is 92.8 Å². The van der Waals surface area contributed by atoms with E-state index in [0.717, 1.165) is 19.3 Å². The molecule has 1 saturated heterocycles. The Bertz CT molecular complexity index is 813. The van der Waals surface area contributed by atoms with Gasteiger partial charge in [0, 0.05) is 19.6 Å². The number of nitrogens with one attached hydrogen (secondary N) is 1. The maximum absolute atomic E-state index is 12.8. The van der Waals surface area contributed by atoms with Crippen molar-refractivity contribution in [2.75, 3.05) is 19.6 Å². The van der Waals surface area contributed by atoms with Crippen LogP contribution in [0, 0.1) is 6.92 Å². The first kappa shape index (κ1) is 21.1. The zero-order chi connectivity index (χ0) is 20.0. The van der Waals surface area contributed by atoms with Crippen molar-refractivity contribution in [3.8, 4) is 0 Å². The van der Waals surface area contributed by atoms with Crippen molar-refractivity contribution in [3.63, 3.8) is 0 Å². The lowest BCUT2D eigenvalue weighted by atomic mass is 10.1. The van der Waals surface area contributed by atoms with E-state index in [9.17, 15) is 18.0 Å². The molecule has 0 saturated carbocycles. The third kappa shape index (κ3) is 5.17. The van der Waals surface area contributed by atoms with E-state index in [4.69, 9.17) is 4.74 Å². The van der Waals surface area contributed by atoms with Gasteiger partial charge in [0.1, 0.15) is 0 Å². The van der Waals surface area contributed by atoms with Crippen molar-refractivity contribution >= 4 is 21.9 Å². The van der Waals surface area contributed by atoms with Gasteiger partial charge < -0.3 is 10.1 Å². The van der Waals surface area contributed by atoms with E-state index in [0.29, 0.717) is 18.7 Å². The molecule has 1 fully saturated rings. The van der Waals surface area contributed by atoms with Crippen LogP contribution in [-0.2, 0) is 19.6 Å². The van der Waals surface area contributed by atoms with Crippen molar-refractivity contribution in [2.45, 2.75) is 44.1 Å². The Morgan fingerprint density at radius 1 is 1.30 bits per heavy atom. The Morgan fingerprint density at radius 2 is 1.96 bits per heavy atom. The Morgan fingerprint density at radius 3 is 2.59 bits per heavy atom. The zero-order valence-corrected chi connectivity index (χ0v) is 16.5. The number of piperidine rings is 1. The fourth-order valence-electron chi connectivity index (χ4n) is 2.83. The molecule has 1 atom stereocenters. The molecule has 0 bridgehead atoms. The minimum Gasteiger partial charge on any atom is -0.449 e. The standard InChI is InChI=1S/C19H26N2O5S/c1-4-10-20-18(22)15(3)26-19(23)17-13-16(9-8-14(17)2)27(24,25)21-11-6-5-7-12-21/h4,8-9,13,15H,1,5-7,10-12H2,2-3H3,(H,20,22). The molecular weight excluding hydrogens is 368 g/mol. The van der Waals surface area contributed by atoms with Gasteiger partial charge in [-0.05, 0) is 44.4 Å². The summed E-state index contributed by atoms with van der Waals surface area (Å²) in [4.78, 5) is 24.4. The average molecular weight is 394 g/mol. The second kappa shape index (κ2) is 9.14. The molecule has 1 amide bonds. The minimum atomic E-state index is -3.66. The number of carbonyl (C=O) groups excluding carboxylic acids is 2. The molecule has 0 spiro atoms. The van der Waals surface area contributed by atoms with E-state index in [1.165, 1.54) is 29.4 Å². The van der Waals surface area contributed by atoms with Gasteiger partial charge in [-0.1, -0.05) is 18.6 Å². The minimum absolute atomic E-state index is 0.0608. The predicted molar refractivity (Wildman–Crippen MR) is 102 cm³/mol. The Hall–Kier alpha value is -2.19. The largest absolute Gasteiger partial charge is 0.449 e. The van der Waals surface area contributed by atoms with Gasteiger partial charge in [0.25, 0.3) is 5.91 Å². The molecule has 1 aromatic rings. The van der Waals surface area contributed by atoms with Gasteiger partial charge in [0.2, 0.25) is 10.0 Å². The summed E-state index contributed by atoms with van der Waals surface area (Å²) < 4.78 is 32.3. The molecule has 0 aromatic heterocycles. The number of aryl methyl sites for hydroxylation is 1. The van der Waals surface area contributed by atoms with E-state index in [1.54, 1.807) is 13.0 Å². The highest BCUT2D eigenvalue weighted by atomic mass is 32.2. The third-order valence-corrected chi connectivity index (χ3v) is 6.35. The van der Waals surface area contributed by atoms with Gasteiger partial charge in [0.15, 0.2) is 6.10 Å². The Balaban J connectivity index is 2.20. The first-order valence-electron chi connectivity index (χ1n) is 8.97. The number of nitrogens with zero attached hydrogens (tertiary/aromatic N) is 1. The van der Waals surface area contributed by atoms with E-state index < -0.39 is 28.0 Å². The third-order valence-electron chi connectivity index (χ3n) is 4.46. The molecule has 0 aliphatic carbocycles. The van der Waals surface area contributed by atoms with Crippen molar-refractivity contribution in [1.29, 1.82) is 0 Å². The summed E-state index contributed by atoms with van der Waals surface area (Å²) >= 11 is 0. The number of esters is 1. The van der Waals surface area contributed by atoms with Crippen molar-refractivity contribution in [3.05, 3.63) is 42.0 Å². The lowest BCUT2D eigenvalue weighted by Gasteiger charge is -2.26. The number of sulfonamides is 1. The normalized spacial score (nSPS) is 16.4. The SMILES string of the molecule is C=CCNC(=O)C(C)OC(=O)c1cc(S(=O)(=O)N2CCCCC2)ccc1C. The first-order chi connectivity index (χ1) is 12.8. The van der Waals surface area contributed by atoms with Gasteiger partial charge in [-0.15, -0.1) is 6.58 Å². The van der Waals surface area contributed by atoms with Crippen LogP contribution in [0.5, 0.6) is 0 Å². The van der Waals surface area contributed by atoms with Crippen LogP contribution in [0.4, 0.5) is 0 Å². The predicted octanol–water partition coefficient (Wildman–Crippen LogP) is 2.02. The van der Waals surface area contributed by atoms with E-state index >= 15 is 0 Å². The van der Waals surface area contributed by atoms with E-state index in [-0.39, 0.29) is 17.0 Å². The number of benzene rings is 1. The van der Waals surface area contributed by atoms with Crippen LogP contribution in [0.3, 0.4) is 0 Å². The quantitative estimate of drug-likeness (QED) is 0.564. The van der Waals surface area contributed by atoms with Gasteiger partial charge in [0.05, 0.1) is 10.5 Å². The lowest BCUT2D eigenvalue weighted by Crippen LogP contribution is -2.36. The van der Waals surface area contributed by atoms with Crippen LogP contribution >= 0.6 is 0 Å².